The summed E-state index contributed by atoms with van der Waals surface area (Å²) in [7, 11) is 3.55. The zero-order valence-electron chi connectivity index (χ0n) is 18.6. The van der Waals surface area contributed by atoms with E-state index in [1.54, 1.807) is 14.2 Å². The van der Waals surface area contributed by atoms with E-state index in [1.807, 2.05) is 6.07 Å². The quantitative estimate of drug-likeness (QED) is 0.616. The molecule has 2 aliphatic rings. The van der Waals surface area contributed by atoms with Crippen molar-refractivity contribution >= 4 is 5.69 Å². The van der Waals surface area contributed by atoms with Crippen LogP contribution in [0.25, 0.3) is 0 Å². The van der Waals surface area contributed by atoms with Crippen LogP contribution in [0.15, 0.2) is 54.6 Å². The third kappa shape index (κ3) is 3.66. The van der Waals surface area contributed by atoms with Gasteiger partial charge >= 0.3 is 0 Å². The highest BCUT2D eigenvalue weighted by Crippen LogP contribution is 2.44. The summed E-state index contributed by atoms with van der Waals surface area (Å²) in [6.07, 6.45) is 2.08. The maximum absolute atomic E-state index is 5.93. The van der Waals surface area contributed by atoms with Crippen molar-refractivity contribution < 1.29 is 9.47 Å². The van der Waals surface area contributed by atoms with E-state index in [1.165, 1.54) is 33.4 Å². The van der Waals surface area contributed by atoms with Crippen LogP contribution in [0.5, 0.6) is 11.5 Å². The van der Waals surface area contributed by atoms with Crippen LogP contribution in [-0.2, 0) is 25.9 Å². The Morgan fingerprint density at radius 3 is 2.61 bits per heavy atom. The highest BCUT2D eigenvalue weighted by Gasteiger charge is 2.34. The van der Waals surface area contributed by atoms with Gasteiger partial charge in [0.1, 0.15) is 11.5 Å². The standard InChI is InChI=1S/C27H30N2O2/c1-18-13-22-21(15-26(18)30-2)11-12-29-17-23-20(14-25(22)29)9-10-24(27(23)31-3)28-16-19-7-5-4-6-8-19/h4-10,13,15,25,28H,11-12,14,16-17H2,1-3H3/t25-/m0/s1. The van der Waals surface area contributed by atoms with Crippen molar-refractivity contribution in [3.8, 4) is 11.5 Å². The Labute approximate surface area is 184 Å². The molecular formula is C27H30N2O2. The minimum Gasteiger partial charge on any atom is -0.496 e. The maximum atomic E-state index is 5.93. The second-order valence-corrected chi connectivity index (χ2v) is 8.58. The molecule has 5 rings (SSSR count). The summed E-state index contributed by atoms with van der Waals surface area (Å²) in [5.41, 5.74) is 9.16. The summed E-state index contributed by atoms with van der Waals surface area (Å²) >= 11 is 0. The van der Waals surface area contributed by atoms with E-state index < -0.39 is 0 Å². The molecule has 3 aromatic carbocycles. The molecular weight excluding hydrogens is 384 g/mol. The molecule has 2 aliphatic heterocycles. The molecule has 0 spiro atoms. The van der Waals surface area contributed by atoms with Crippen LogP contribution in [0, 0.1) is 6.92 Å². The van der Waals surface area contributed by atoms with E-state index >= 15 is 0 Å². The molecule has 1 atom stereocenters. The number of nitrogens with zero attached hydrogens (tertiary/aromatic N) is 1. The third-order valence-corrected chi connectivity index (χ3v) is 6.79. The van der Waals surface area contributed by atoms with Gasteiger partial charge in [-0.3, -0.25) is 4.90 Å². The number of hydrogen-bond acceptors (Lipinski definition) is 4. The van der Waals surface area contributed by atoms with Gasteiger partial charge in [-0.2, -0.15) is 0 Å². The van der Waals surface area contributed by atoms with E-state index in [4.69, 9.17) is 9.47 Å². The van der Waals surface area contributed by atoms with Crippen molar-refractivity contribution in [1.82, 2.24) is 4.90 Å². The van der Waals surface area contributed by atoms with Crippen LogP contribution in [0.4, 0.5) is 5.69 Å². The van der Waals surface area contributed by atoms with E-state index in [-0.39, 0.29) is 0 Å². The topological polar surface area (TPSA) is 33.7 Å². The number of ether oxygens (including phenoxy) is 2. The fourth-order valence-electron chi connectivity index (χ4n) is 5.15. The number of fused-ring (bicyclic) bond motifs is 4. The van der Waals surface area contributed by atoms with E-state index in [0.717, 1.165) is 49.7 Å². The van der Waals surface area contributed by atoms with Crippen LogP contribution in [-0.4, -0.2) is 25.7 Å². The Kier molecular flexibility index (Phi) is 5.33. The lowest BCUT2D eigenvalue weighted by atomic mass is 9.83. The van der Waals surface area contributed by atoms with Crippen LogP contribution >= 0.6 is 0 Å². The van der Waals surface area contributed by atoms with Gasteiger partial charge in [0, 0.05) is 31.2 Å². The van der Waals surface area contributed by atoms with E-state index in [9.17, 15) is 0 Å². The summed E-state index contributed by atoms with van der Waals surface area (Å²) in [5, 5.41) is 3.58. The lowest BCUT2D eigenvalue weighted by Crippen LogP contribution is -2.39. The number of nitrogens with one attached hydrogen (secondary N) is 1. The SMILES string of the molecule is COc1cc2c(cc1C)[C@@H]1Cc3ccc(NCc4ccccc4)c(OC)c3CN1CC2. The minimum absolute atomic E-state index is 0.425. The van der Waals surface area contributed by atoms with Gasteiger partial charge in [0.05, 0.1) is 19.9 Å². The first kappa shape index (κ1) is 20.0. The Balaban J connectivity index is 1.44. The van der Waals surface area contributed by atoms with Gasteiger partial charge in [0.25, 0.3) is 0 Å². The van der Waals surface area contributed by atoms with E-state index in [0.29, 0.717) is 6.04 Å². The van der Waals surface area contributed by atoms with Gasteiger partial charge in [-0.05, 0) is 59.7 Å². The molecule has 0 aromatic heterocycles. The lowest BCUT2D eigenvalue weighted by Gasteiger charge is -2.42. The van der Waals surface area contributed by atoms with Crippen LogP contribution in [0.3, 0.4) is 0 Å². The molecule has 0 unspecified atom stereocenters. The molecule has 0 radical (unpaired) electrons. The summed E-state index contributed by atoms with van der Waals surface area (Å²) in [4.78, 5) is 2.61. The molecule has 160 valence electrons. The summed E-state index contributed by atoms with van der Waals surface area (Å²) in [6, 6.07) is 20.0. The highest BCUT2D eigenvalue weighted by atomic mass is 16.5. The van der Waals surface area contributed by atoms with Gasteiger partial charge in [-0.15, -0.1) is 0 Å². The summed E-state index contributed by atoms with van der Waals surface area (Å²) in [5.74, 6) is 1.99. The average Bonchev–Trinajstić information content (AvgIpc) is 2.81. The van der Waals surface area contributed by atoms with Crippen LogP contribution in [0.2, 0.25) is 0 Å². The number of anilines is 1. The van der Waals surface area contributed by atoms with Gasteiger partial charge in [-0.1, -0.05) is 42.5 Å². The zero-order valence-corrected chi connectivity index (χ0v) is 18.6. The first-order chi connectivity index (χ1) is 15.2. The summed E-state index contributed by atoms with van der Waals surface area (Å²) in [6.45, 7) is 4.92. The fourth-order valence-corrected chi connectivity index (χ4v) is 5.15. The minimum atomic E-state index is 0.425. The van der Waals surface area contributed by atoms with Gasteiger partial charge in [-0.25, -0.2) is 0 Å². The van der Waals surface area contributed by atoms with E-state index in [2.05, 4.69) is 65.7 Å². The molecule has 31 heavy (non-hydrogen) atoms. The zero-order chi connectivity index (χ0) is 21.4. The van der Waals surface area contributed by atoms with Crippen molar-refractivity contribution in [3.05, 3.63) is 88.0 Å². The van der Waals surface area contributed by atoms with Crippen molar-refractivity contribution in [2.45, 2.75) is 38.9 Å². The lowest BCUT2D eigenvalue weighted by molar-refractivity contribution is 0.158. The molecule has 1 N–H and O–H groups in total. The molecule has 0 bridgehead atoms. The average molecular weight is 415 g/mol. The predicted octanol–water partition coefficient (Wildman–Crippen LogP) is 5.28. The first-order valence-electron chi connectivity index (χ1n) is 11.1. The molecule has 0 amide bonds. The molecule has 4 heteroatoms. The Bertz CT molecular complexity index is 1090. The highest BCUT2D eigenvalue weighted by molar-refractivity contribution is 5.63. The summed E-state index contributed by atoms with van der Waals surface area (Å²) < 4.78 is 11.5. The molecule has 0 fully saturated rings. The normalized spacial score (nSPS) is 17.3. The van der Waals surface area contributed by atoms with Gasteiger partial charge in [0.15, 0.2) is 0 Å². The number of methoxy groups -OCH3 is 2. The number of benzene rings is 3. The Morgan fingerprint density at radius 2 is 1.84 bits per heavy atom. The fraction of sp³-hybridized carbons (Fsp3) is 0.333. The second kappa shape index (κ2) is 8.27. The smallest absolute Gasteiger partial charge is 0.146 e. The molecule has 3 aromatic rings. The van der Waals surface area contributed by atoms with Crippen molar-refractivity contribution in [1.29, 1.82) is 0 Å². The monoisotopic (exact) mass is 414 g/mol. The van der Waals surface area contributed by atoms with Crippen LogP contribution < -0.4 is 14.8 Å². The van der Waals surface area contributed by atoms with Crippen molar-refractivity contribution in [3.63, 3.8) is 0 Å². The number of aryl methyl sites for hydroxylation is 1. The largest absolute Gasteiger partial charge is 0.496 e. The maximum Gasteiger partial charge on any atom is 0.146 e. The number of rotatable bonds is 5. The molecule has 2 heterocycles. The Hall–Kier alpha value is -2.98. The van der Waals surface area contributed by atoms with Crippen molar-refractivity contribution in [2.75, 3.05) is 26.1 Å². The third-order valence-electron chi connectivity index (χ3n) is 6.79. The molecule has 4 nitrogen and oxygen atoms in total. The number of hydrogen-bond donors (Lipinski definition) is 1. The van der Waals surface area contributed by atoms with Crippen molar-refractivity contribution in [2.24, 2.45) is 0 Å². The molecule has 0 saturated carbocycles. The second-order valence-electron chi connectivity index (χ2n) is 8.58. The molecule has 0 aliphatic carbocycles. The molecule has 0 saturated heterocycles. The van der Waals surface area contributed by atoms with Crippen LogP contribution in [0.1, 0.15) is 39.4 Å². The van der Waals surface area contributed by atoms with Gasteiger partial charge in [0.2, 0.25) is 0 Å². The Morgan fingerprint density at radius 1 is 1.00 bits per heavy atom. The first-order valence-corrected chi connectivity index (χ1v) is 11.1. The van der Waals surface area contributed by atoms with Gasteiger partial charge < -0.3 is 14.8 Å². The predicted molar refractivity (Wildman–Crippen MR) is 125 cm³/mol.